The van der Waals surface area contributed by atoms with Gasteiger partial charge < -0.3 is 9.84 Å². The Morgan fingerprint density at radius 3 is 2.56 bits per heavy atom. The highest BCUT2D eigenvalue weighted by molar-refractivity contribution is 9.10. The summed E-state index contributed by atoms with van der Waals surface area (Å²) in [4.78, 5) is 0. The second-order valence-corrected chi connectivity index (χ2v) is 5.27. The van der Waals surface area contributed by atoms with Crippen molar-refractivity contribution in [3.8, 4) is 0 Å². The van der Waals surface area contributed by atoms with E-state index >= 15 is 0 Å². The minimum atomic E-state index is 0.00356. The van der Waals surface area contributed by atoms with Crippen LogP contribution < -0.4 is 0 Å². The van der Waals surface area contributed by atoms with Gasteiger partial charge >= 0.3 is 0 Å². The van der Waals surface area contributed by atoms with Gasteiger partial charge in [0.15, 0.2) is 0 Å². The number of aliphatic hydroxyl groups excluding tert-OH is 1. The van der Waals surface area contributed by atoms with Crippen LogP contribution in [0.25, 0.3) is 0 Å². The van der Waals surface area contributed by atoms with Crippen molar-refractivity contribution in [2.75, 3.05) is 19.8 Å². The zero-order valence-electron chi connectivity index (χ0n) is 9.45. The van der Waals surface area contributed by atoms with Crippen LogP contribution in [0.1, 0.15) is 18.9 Å². The molecule has 1 saturated heterocycles. The molecule has 0 radical (unpaired) electrons. The Balaban J connectivity index is 2.38. The number of hydrogen-bond donors (Lipinski definition) is 1. The summed E-state index contributed by atoms with van der Waals surface area (Å²) < 4.78 is 6.52. The molecule has 1 fully saturated rings. The Labute approximate surface area is 105 Å². The predicted molar refractivity (Wildman–Crippen MR) is 67.5 cm³/mol. The lowest BCUT2D eigenvalue weighted by Gasteiger charge is -2.47. The Morgan fingerprint density at radius 2 is 2.12 bits per heavy atom. The maximum Gasteiger partial charge on any atom is 0.0589 e. The third-order valence-electron chi connectivity index (χ3n) is 3.62. The quantitative estimate of drug-likeness (QED) is 0.921. The molecule has 1 aromatic carbocycles. The zero-order chi connectivity index (χ0) is 11.6. The fraction of sp³-hybridized carbons (Fsp3) is 0.538. The van der Waals surface area contributed by atoms with E-state index in [-0.39, 0.29) is 17.9 Å². The van der Waals surface area contributed by atoms with Crippen molar-refractivity contribution in [3.63, 3.8) is 0 Å². The third kappa shape index (κ3) is 1.81. The summed E-state index contributed by atoms with van der Waals surface area (Å²) in [5.41, 5.74) is 1.27. The first kappa shape index (κ1) is 12.1. The molecule has 0 bridgehead atoms. The van der Waals surface area contributed by atoms with Gasteiger partial charge in [0.05, 0.1) is 13.2 Å². The Bertz CT molecular complexity index is 357. The fourth-order valence-electron chi connectivity index (χ4n) is 2.49. The highest BCUT2D eigenvalue weighted by atomic mass is 79.9. The first-order valence-corrected chi connectivity index (χ1v) is 6.47. The first-order valence-electron chi connectivity index (χ1n) is 5.68. The average Bonchev–Trinajstić information content (AvgIpc) is 2.25. The van der Waals surface area contributed by atoms with Crippen LogP contribution in [-0.2, 0) is 10.2 Å². The largest absolute Gasteiger partial charge is 0.396 e. The molecule has 16 heavy (non-hydrogen) atoms. The molecule has 0 amide bonds. The number of hydrogen-bond acceptors (Lipinski definition) is 2. The molecule has 1 aliphatic rings. The highest BCUT2D eigenvalue weighted by Gasteiger charge is 2.46. The first-order chi connectivity index (χ1) is 7.74. The van der Waals surface area contributed by atoms with Crippen molar-refractivity contribution in [1.82, 2.24) is 0 Å². The molecule has 1 heterocycles. The lowest BCUT2D eigenvalue weighted by atomic mass is 9.68. The molecule has 0 aromatic heterocycles. The van der Waals surface area contributed by atoms with E-state index in [1.54, 1.807) is 0 Å². The monoisotopic (exact) mass is 284 g/mol. The Morgan fingerprint density at radius 1 is 1.44 bits per heavy atom. The molecule has 1 aliphatic heterocycles. The molecule has 2 nitrogen and oxygen atoms in total. The lowest BCUT2D eigenvalue weighted by Crippen LogP contribution is -2.53. The molecule has 3 heteroatoms. The maximum atomic E-state index is 9.51. The van der Waals surface area contributed by atoms with Crippen LogP contribution in [0.4, 0.5) is 0 Å². The molecule has 1 aromatic rings. The van der Waals surface area contributed by atoms with Crippen LogP contribution in [-0.4, -0.2) is 24.9 Å². The van der Waals surface area contributed by atoms with Crippen LogP contribution in [0.2, 0.25) is 0 Å². The molecule has 88 valence electrons. The van der Waals surface area contributed by atoms with E-state index in [4.69, 9.17) is 4.74 Å². The fourth-order valence-corrected chi connectivity index (χ4v) is 3.17. The van der Waals surface area contributed by atoms with E-state index in [1.807, 2.05) is 12.1 Å². The minimum absolute atomic E-state index is 0.00356. The van der Waals surface area contributed by atoms with Crippen molar-refractivity contribution in [2.24, 2.45) is 5.92 Å². The van der Waals surface area contributed by atoms with Gasteiger partial charge in [-0.05, 0) is 17.5 Å². The second kappa shape index (κ2) is 4.86. The molecule has 0 aliphatic carbocycles. The van der Waals surface area contributed by atoms with Gasteiger partial charge in [-0.2, -0.15) is 0 Å². The van der Waals surface area contributed by atoms with E-state index in [1.165, 1.54) is 5.56 Å². The molecule has 0 spiro atoms. The van der Waals surface area contributed by atoms with Gasteiger partial charge in [-0.25, -0.2) is 0 Å². The van der Waals surface area contributed by atoms with E-state index in [9.17, 15) is 5.11 Å². The van der Waals surface area contributed by atoms with Gasteiger partial charge in [0.1, 0.15) is 0 Å². The number of rotatable bonds is 4. The van der Waals surface area contributed by atoms with E-state index in [0.717, 1.165) is 10.9 Å². The van der Waals surface area contributed by atoms with Crippen molar-refractivity contribution < 1.29 is 9.84 Å². The average molecular weight is 285 g/mol. The maximum absolute atomic E-state index is 9.51. The molecule has 1 atom stereocenters. The van der Waals surface area contributed by atoms with Gasteiger partial charge in [-0.15, -0.1) is 0 Å². The summed E-state index contributed by atoms with van der Waals surface area (Å²) in [6.45, 7) is 3.78. The summed E-state index contributed by atoms with van der Waals surface area (Å²) in [5.74, 6) is 0.278. The highest BCUT2D eigenvalue weighted by Crippen LogP contribution is 2.43. The minimum Gasteiger partial charge on any atom is -0.396 e. The summed E-state index contributed by atoms with van der Waals surface area (Å²) >= 11 is 3.60. The summed E-state index contributed by atoms with van der Waals surface area (Å²) in [5, 5.41) is 9.51. The Kier molecular flexibility index (Phi) is 3.67. The van der Waals surface area contributed by atoms with Gasteiger partial charge in [0.25, 0.3) is 0 Å². The topological polar surface area (TPSA) is 29.5 Å². The summed E-state index contributed by atoms with van der Waals surface area (Å²) in [6.07, 6.45) is 0.973. The van der Waals surface area contributed by atoms with Crippen molar-refractivity contribution in [3.05, 3.63) is 34.3 Å². The van der Waals surface area contributed by atoms with Crippen molar-refractivity contribution >= 4 is 15.9 Å². The van der Waals surface area contributed by atoms with Crippen LogP contribution in [0.5, 0.6) is 0 Å². The van der Waals surface area contributed by atoms with Crippen molar-refractivity contribution in [2.45, 2.75) is 18.8 Å². The number of aliphatic hydroxyl groups is 1. The van der Waals surface area contributed by atoms with E-state index < -0.39 is 0 Å². The van der Waals surface area contributed by atoms with E-state index in [0.29, 0.717) is 13.2 Å². The predicted octanol–water partition coefficient (Wildman–Crippen LogP) is 2.74. The van der Waals surface area contributed by atoms with E-state index in [2.05, 4.69) is 35.0 Å². The lowest BCUT2D eigenvalue weighted by molar-refractivity contribution is -0.101. The Hall–Kier alpha value is -0.380. The molecule has 1 unspecified atom stereocenters. The molecule has 2 rings (SSSR count). The smallest absolute Gasteiger partial charge is 0.0589 e. The van der Waals surface area contributed by atoms with Gasteiger partial charge in [0, 0.05) is 16.5 Å². The van der Waals surface area contributed by atoms with Gasteiger partial charge in [-0.3, -0.25) is 0 Å². The van der Waals surface area contributed by atoms with Crippen LogP contribution >= 0.6 is 15.9 Å². The SMILES string of the molecule is CCC(CO)C1(c2ccccc2Br)COC1. The number of halogens is 1. The van der Waals surface area contributed by atoms with Crippen LogP contribution in [0.15, 0.2) is 28.7 Å². The van der Waals surface area contributed by atoms with Crippen molar-refractivity contribution in [1.29, 1.82) is 0 Å². The number of ether oxygens (including phenoxy) is 1. The standard InChI is InChI=1S/C13H17BrO2/c1-2-10(7-15)13(8-16-9-13)11-5-3-4-6-12(11)14/h3-6,10,15H,2,7-9H2,1H3. The molecule has 0 saturated carbocycles. The van der Waals surface area contributed by atoms with Crippen LogP contribution in [0, 0.1) is 5.92 Å². The third-order valence-corrected chi connectivity index (χ3v) is 4.32. The molecular formula is C13H17BrO2. The normalized spacial score (nSPS) is 20.2. The van der Waals surface area contributed by atoms with Gasteiger partial charge in [-0.1, -0.05) is 47.5 Å². The second-order valence-electron chi connectivity index (χ2n) is 4.42. The van der Waals surface area contributed by atoms with Crippen LogP contribution in [0.3, 0.4) is 0 Å². The van der Waals surface area contributed by atoms with Gasteiger partial charge in [0.2, 0.25) is 0 Å². The summed E-state index contributed by atoms with van der Waals surface area (Å²) in [7, 11) is 0. The summed E-state index contributed by atoms with van der Waals surface area (Å²) in [6, 6.07) is 8.25. The zero-order valence-corrected chi connectivity index (χ0v) is 11.0. The molecular weight excluding hydrogens is 268 g/mol. The number of benzene rings is 1. The molecule has 1 N–H and O–H groups in total.